The van der Waals surface area contributed by atoms with Crippen LogP contribution in [0.25, 0.3) is 0 Å². The first kappa shape index (κ1) is 15.0. The van der Waals surface area contributed by atoms with Gasteiger partial charge < -0.3 is 10.6 Å². The van der Waals surface area contributed by atoms with Gasteiger partial charge in [-0.25, -0.2) is 14.4 Å². The maximum absolute atomic E-state index is 13.7. The molecule has 4 nitrogen and oxygen atoms in total. The first-order valence-electron chi connectivity index (χ1n) is 7.36. The third-order valence-corrected chi connectivity index (χ3v) is 3.30. The molecule has 0 amide bonds. The van der Waals surface area contributed by atoms with E-state index in [0.29, 0.717) is 29.6 Å². The Morgan fingerprint density at radius 1 is 0.913 bits per heavy atom. The van der Waals surface area contributed by atoms with Crippen molar-refractivity contribution in [2.75, 3.05) is 10.6 Å². The van der Waals surface area contributed by atoms with Crippen molar-refractivity contribution in [3.05, 3.63) is 77.9 Å². The quantitative estimate of drug-likeness (QED) is 0.738. The molecule has 1 heterocycles. The normalized spacial score (nSPS) is 10.3. The molecular formula is C18H17FN4. The lowest BCUT2D eigenvalue weighted by atomic mass is 10.2. The molecule has 23 heavy (non-hydrogen) atoms. The number of hydrogen-bond donors (Lipinski definition) is 2. The molecule has 5 heteroatoms. The maximum atomic E-state index is 13.7. The summed E-state index contributed by atoms with van der Waals surface area (Å²) >= 11 is 0. The van der Waals surface area contributed by atoms with Crippen LogP contribution in [0.3, 0.4) is 0 Å². The molecule has 0 aliphatic rings. The highest BCUT2D eigenvalue weighted by Crippen LogP contribution is 2.18. The van der Waals surface area contributed by atoms with Gasteiger partial charge in [-0.2, -0.15) is 0 Å². The average Bonchev–Trinajstić information content (AvgIpc) is 2.54. The summed E-state index contributed by atoms with van der Waals surface area (Å²) in [4.78, 5) is 8.70. The van der Waals surface area contributed by atoms with E-state index in [0.717, 1.165) is 5.69 Å². The van der Waals surface area contributed by atoms with Gasteiger partial charge in [0.25, 0.3) is 0 Å². The first-order chi connectivity index (χ1) is 11.2. The average molecular weight is 308 g/mol. The minimum atomic E-state index is -0.228. The van der Waals surface area contributed by atoms with E-state index in [2.05, 4.69) is 20.6 Å². The Morgan fingerprint density at radius 2 is 1.61 bits per heavy atom. The minimum absolute atomic E-state index is 0.228. The van der Waals surface area contributed by atoms with Gasteiger partial charge >= 0.3 is 0 Å². The van der Waals surface area contributed by atoms with Gasteiger partial charge in [-0.3, -0.25) is 0 Å². The molecule has 0 unspecified atom stereocenters. The molecule has 1 aromatic heterocycles. The Labute approximate surface area is 134 Å². The molecule has 0 atom stereocenters. The second-order valence-corrected chi connectivity index (χ2v) is 5.12. The summed E-state index contributed by atoms with van der Waals surface area (Å²) in [7, 11) is 0. The van der Waals surface area contributed by atoms with Crippen molar-refractivity contribution in [1.29, 1.82) is 0 Å². The van der Waals surface area contributed by atoms with Crippen molar-refractivity contribution in [2.45, 2.75) is 13.5 Å². The molecular weight excluding hydrogens is 291 g/mol. The second kappa shape index (κ2) is 6.87. The number of benzene rings is 2. The van der Waals surface area contributed by atoms with Crippen LogP contribution in [0.2, 0.25) is 0 Å². The predicted octanol–water partition coefficient (Wildman–Crippen LogP) is 4.28. The molecule has 2 aromatic carbocycles. The van der Waals surface area contributed by atoms with E-state index >= 15 is 0 Å². The standard InChI is InChI=1S/C18H17FN4/c1-13-21-17(20-12-14-7-5-6-10-16(14)19)11-18(22-13)23-15-8-3-2-4-9-15/h2-11H,12H2,1H3,(H2,20,21,22,23). The van der Waals surface area contributed by atoms with Gasteiger partial charge in [-0.05, 0) is 25.1 Å². The highest BCUT2D eigenvalue weighted by molar-refractivity contribution is 5.59. The maximum Gasteiger partial charge on any atom is 0.136 e. The van der Waals surface area contributed by atoms with Crippen molar-refractivity contribution in [3.63, 3.8) is 0 Å². The largest absolute Gasteiger partial charge is 0.366 e. The lowest BCUT2D eigenvalue weighted by Crippen LogP contribution is -2.06. The Kier molecular flexibility index (Phi) is 4.47. The number of nitrogens with one attached hydrogen (secondary N) is 2. The monoisotopic (exact) mass is 308 g/mol. The van der Waals surface area contributed by atoms with Crippen LogP contribution in [0.1, 0.15) is 11.4 Å². The molecule has 0 aliphatic carbocycles. The summed E-state index contributed by atoms with van der Waals surface area (Å²) in [6.07, 6.45) is 0. The Hall–Kier alpha value is -2.95. The Bertz CT molecular complexity index is 790. The fourth-order valence-electron chi connectivity index (χ4n) is 2.22. The van der Waals surface area contributed by atoms with Gasteiger partial charge in [0.2, 0.25) is 0 Å². The Balaban J connectivity index is 1.74. The third-order valence-electron chi connectivity index (χ3n) is 3.30. The first-order valence-corrected chi connectivity index (χ1v) is 7.36. The lowest BCUT2D eigenvalue weighted by molar-refractivity contribution is 0.613. The zero-order valence-corrected chi connectivity index (χ0v) is 12.8. The molecule has 116 valence electrons. The summed E-state index contributed by atoms with van der Waals surface area (Å²) < 4.78 is 13.7. The van der Waals surface area contributed by atoms with Gasteiger partial charge in [-0.15, -0.1) is 0 Å². The second-order valence-electron chi connectivity index (χ2n) is 5.12. The van der Waals surface area contributed by atoms with Crippen LogP contribution in [0.4, 0.5) is 21.7 Å². The summed E-state index contributed by atoms with van der Waals surface area (Å²) in [5, 5.41) is 6.37. The number of aryl methyl sites for hydroxylation is 1. The van der Waals surface area contributed by atoms with Crippen LogP contribution in [0.5, 0.6) is 0 Å². The topological polar surface area (TPSA) is 49.8 Å². The molecule has 0 saturated carbocycles. The molecule has 0 aliphatic heterocycles. The highest BCUT2D eigenvalue weighted by Gasteiger charge is 2.04. The molecule has 0 spiro atoms. The van der Waals surface area contributed by atoms with E-state index in [4.69, 9.17) is 0 Å². The highest BCUT2D eigenvalue weighted by atomic mass is 19.1. The van der Waals surface area contributed by atoms with E-state index in [1.54, 1.807) is 18.2 Å². The number of rotatable bonds is 5. The number of halogens is 1. The van der Waals surface area contributed by atoms with E-state index in [1.165, 1.54) is 6.07 Å². The van der Waals surface area contributed by atoms with Gasteiger partial charge in [0.05, 0.1) is 0 Å². The van der Waals surface area contributed by atoms with Crippen molar-refractivity contribution in [1.82, 2.24) is 9.97 Å². The number of para-hydroxylation sites is 1. The zero-order chi connectivity index (χ0) is 16.1. The van der Waals surface area contributed by atoms with E-state index < -0.39 is 0 Å². The van der Waals surface area contributed by atoms with Crippen molar-refractivity contribution < 1.29 is 4.39 Å². The van der Waals surface area contributed by atoms with E-state index in [-0.39, 0.29) is 5.82 Å². The van der Waals surface area contributed by atoms with Gasteiger partial charge in [0.1, 0.15) is 23.3 Å². The van der Waals surface area contributed by atoms with Crippen molar-refractivity contribution in [3.8, 4) is 0 Å². The minimum Gasteiger partial charge on any atom is -0.366 e. The van der Waals surface area contributed by atoms with Crippen molar-refractivity contribution >= 4 is 17.3 Å². The lowest BCUT2D eigenvalue weighted by Gasteiger charge is -2.10. The van der Waals surface area contributed by atoms with Crippen LogP contribution in [0, 0.1) is 12.7 Å². The molecule has 0 bridgehead atoms. The third kappa shape index (κ3) is 4.03. The molecule has 3 rings (SSSR count). The molecule has 0 saturated heterocycles. The molecule has 3 aromatic rings. The van der Waals surface area contributed by atoms with Gasteiger partial charge in [0, 0.05) is 23.9 Å². The molecule has 2 N–H and O–H groups in total. The zero-order valence-electron chi connectivity index (χ0n) is 12.8. The molecule has 0 fully saturated rings. The van der Waals surface area contributed by atoms with Crippen molar-refractivity contribution in [2.24, 2.45) is 0 Å². The smallest absolute Gasteiger partial charge is 0.136 e. The summed E-state index contributed by atoms with van der Waals surface area (Å²) in [5.74, 6) is 1.76. The predicted molar refractivity (Wildman–Crippen MR) is 90.2 cm³/mol. The summed E-state index contributed by atoms with van der Waals surface area (Å²) in [5.41, 5.74) is 1.55. The summed E-state index contributed by atoms with van der Waals surface area (Å²) in [6, 6.07) is 18.3. The number of anilines is 3. The number of nitrogens with zero attached hydrogens (tertiary/aromatic N) is 2. The number of aromatic nitrogens is 2. The number of hydrogen-bond acceptors (Lipinski definition) is 4. The SMILES string of the molecule is Cc1nc(NCc2ccccc2F)cc(Nc2ccccc2)n1. The van der Waals surface area contributed by atoms with Gasteiger partial charge in [-0.1, -0.05) is 36.4 Å². The van der Waals surface area contributed by atoms with E-state index in [9.17, 15) is 4.39 Å². The fourth-order valence-corrected chi connectivity index (χ4v) is 2.22. The van der Waals surface area contributed by atoms with Crippen LogP contribution in [-0.2, 0) is 6.54 Å². The van der Waals surface area contributed by atoms with Crippen LogP contribution in [0.15, 0.2) is 60.7 Å². The van der Waals surface area contributed by atoms with Crippen LogP contribution >= 0.6 is 0 Å². The van der Waals surface area contributed by atoms with Gasteiger partial charge in [0.15, 0.2) is 0 Å². The van der Waals surface area contributed by atoms with E-state index in [1.807, 2.05) is 43.3 Å². The fraction of sp³-hybridized carbons (Fsp3) is 0.111. The Morgan fingerprint density at radius 3 is 2.39 bits per heavy atom. The van der Waals surface area contributed by atoms with Crippen LogP contribution < -0.4 is 10.6 Å². The van der Waals surface area contributed by atoms with Crippen LogP contribution in [-0.4, -0.2) is 9.97 Å². The summed E-state index contributed by atoms with van der Waals surface area (Å²) in [6.45, 7) is 2.19. The molecule has 0 radical (unpaired) electrons.